The standard InChI is InChI=1S/C15H14F3N5O3/c1-22(14(24)23(2)25-3)11(8-19)9-4-6-10(7-5-9)12-20-13(26-21-12)15(16,17)18/h4-7,11H,1-3H3. The number of benzene rings is 1. The summed E-state index contributed by atoms with van der Waals surface area (Å²) in [5.41, 5.74) is 0.726. The number of alkyl halides is 3. The van der Waals surface area contributed by atoms with Crippen molar-refractivity contribution in [2.45, 2.75) is 12.2 Å². The topological polar surface area (TPSA) is 95.5 Å². The first-order valence-electron chi connectivity index (χ1n) is 7.14. The first kappa shape index (κ1) is 19.2. The lowest BCUT2D eigenvalue weighted by Gasteiger charge is -2.26. The molecule has 0 fully saturated rings. The Hall–Kier alpha value is -3.13. The Kier molecular flexibility index (Phi) is 5.47. The molecule has 8 nitrogen and oxygen atoms in total. The quantitative estimate of drug-likeness (QED) is 0.769. The van der Waals surface area contributed by atoms with Crippen LogP contribution in [0.2, 0.25) is 0 Å². The third-order valence-corrected chi connectivity index (χ3v) is 3.51. The molecular weight excluding hydrogens is 355 g/mol. The van der Waals surface area contributed by atoms with Gasteiger partial charge in [-0.1, -0.05) is 29.4 Å². The molecule has 1 unspecified atom stereocenters. The van der Waals surface area contributed by atoms with Crippen molar-refractivity contribution < 1.29 is 27.3 Å². The molecule has 1 aromatic heterocycles. The molecule has 0 aliphatic rings. The summed E-state index contributed by atoms with van der Waals surface area (Å²) in [6, 6.07) is 6.36. The molecule has 2 rings (SSSR count). The van der Waals surface area contributed by atoms with E-state index < -0.39 is 24.1 Å². The summed E-state index contributed by atoms with van der Waals surface area (Å²) in [5, 5.41) is 13.6. The van der Waals surface area contributed by atoms with Crippen molar-refractivity contribution in [1.82, 2.24) is 20.1 Å². The predicted octanol–water partition coefficient (Wildman–Crippen LogP) is 2.87. The van der Waals surface area contributed by atoms with Gasteiger partial charge in [0.1, 0.15) is 6.04 Å². The highest BCUT2D eigenvalue weighted by Crippen LogP contribution is 2.30. The van der Waals surface area contributed by atoms with Gasteiger partial charge in [0.15, 0.2) is 0 Å². The van der Waals surface area contributed by atoms with Gasteiger partial charge in [0.2, 0.25) is 5.82 Å². The molecule has 11 heteroatoms. The van der Waals surface area contributed by atoms with Gasteiger partial charge in [0.25, 0.3) is 0 Å². The smallest absolute Gasteiger partial charge is 0.329 e. The minimum atomic E-state index is -4.73. The number of halogens is 3. The predicted molar refractivity (Wildman–Crippen MR) is 81.0 cm³/mol. The van der Waals surface area contributed by atoms with Gasteiger partial charge >= 0.3 is 18.1 Å². The van der Waals surface area contributed by atoms with Gasteiger partial charge in [-0.15, -0.1) is 0 Å². The summed E-state index contributed by atoms with van der Waals surface area (Å²) in [6.07, 6.45) is -4.73. The Labute approximate surface area is 146 Å². The molecule has 1 atom stereocenters. The number of carbonyl (C=O) groups is 1. The maximum atomic E-state index is 12.5. The van der Waals surface area contributed by atoms with E-state index in [0.717, 1.165) is 9.96 Å². The molecule has 2 amide bonds. The van der Waals surface area contributed by atoms with Crippen LogP contribution in [0.25, 0.3) is 11.4 Å². The summed E-state index contributed by atoms with van der Waals surface area (Å²) in [4.78, 5) is 21.3. The molecule has 1 heterocycles. The molecule has 2 aromatic rings. The lowest BCUT2D eigenvalue weighted by atomic mass is 10.0. The lowest BCUT2D eigenvalue weighted by Crippen LogP contribution is -2.39. The first-order valence-corrected chi connectivity index (χ1v) is 7.14. The summed E-state index contributed by atoms with van der Waals surface area (Å²) in [6.45, 7) is 0. The fourth-order valence-corrected chi connectivity index (χ4v) is 2.07. The third kappa shape index (κ3) is 3.92. The molecule has 0 saturated heterocycles. The van der Waals surface area contributed by atoms with Crippen molar-refractivity contribution in [3.8, 4) is 17.5 Å². The molecule has 0 saturated carbocycles. The normalized spacial score (nSPS) is 12.3. The summed E-state index contributed by atoms with van der Waals surface area (Å²) >= 11 is 0. The number of aromatic nitrogens is 2. The number of urea groups is 1. The van der Waals surface area contributed by atoms with E-state index in [1.807, 2.05) is 6.07 Å². The zero-order valence-corrected chi connectivity index (χ0v) is 14.0. The monoisotopic (exact) mass is 369 g/mol. The van der Waals surface area contributed by atoms with Crippen molar-refractivity contribution in [2.24, 2.45) is 0 Å². The molecule has 1 aromatic carbocycles. The zero-order chi connectivity index (χ0) is 19.5. The van der Waals surface area contributed by atoms with Gasteiger partial charge in [0.05, 0.1) is 13.2 Å². The van der Waals surface area contributed by atoms with Crippen LogP contribution in [0, 0.1) is 11.3 Å². The molecule has 0 bridgehead atoms. The van der Waals surface area contributed by atoms with E-state index in [-0.39, 0.29) is 11.4 Å². The SMILES string of the molecule is CON(C)C(=O)N(C)C(C#N)c1ccc(-c2noc(C(F)(F)F)n2)cc1. The number of hydroxylamine groups is 2. The number of amides is 2. The molecular formula is C15H14F3N5O3. The summed E-state index contributed by atoms with van der Waals surface area (Å²) in [5.74, 6) is -1.68. The van der Waals surface area contributed by atoms with Crippen LogP contribution in [0.15, 0.2) is 28.8 Å². The van der Waals surface area contributed by atoms with E-state index >= 15 is 0 Å². The van der Waals surface area contributed by atoms with Gasteiger partial charge in [-0.25, -0.2) is 9.86 Å². The van der Waals surface area contributed by atoms with E-state index in [4.69, 9.17) is 4.84 Å². The number of carbonyl (C=O) groups excluding carboxylic acids is 1. The molecule has 0 N–H and O–H groups in total. The number of nitriles is 1. The molecule has 0 aliphatic heterocycles. The average Bonchev–Trinajstić information content (AvgIpc) is 3.12. The van der Waals surface area contributed by atoms with E-state index in [0.29, 0.717) is 5.56 Å². The number of hydrogen-bond acceptors (Lipinski definition) is 6. The molecule has 0 radical (unpaired) electrons. The molecule has 138 valence electrons. The van der Waals surface area contributed by atoms with Crippen LogP contribution in [0.1, 0.15) is 17.5 Å². The second-order valence-corrected chi connectivity index (χ2v) is 5.15. The van der Waals surface area contributed by atoms with Crippen molar-refractivity contribution >= 4 is 6.03 Å². The highest BCUT2D eigenvalue weighted by atomic mass is 19.4. The van der Waals surface area contributed by atoms with Crippen LogP contribution in [-0.2, 0) is 11.0 Å². The largest absolute Gasteiger partial charge is 0.471 e. The fourth-order valence-electron chi connectivity index (χ4n) is 2.07. The van der Waals surface area contributed by atoms with Crippen LogP contribution >= 0.6 is 0 Å². The van der Waals surface area contributed by atoms with Gasteiger partial charge in [-0.3, -0.25) is 4.84 Å². The maximum absolute atomic E-state index is 12.5. The summed E-state index contributed by atoms with van der Waals surface area (Å²) < 4.78 is 41.7. The fraction of sp³-hybridized carbons (Fsp3) is 0.333. The van der Waals surface area contributed by atoms with Crippen molar-refractivity contribution in [3.63, 3.8) is 0 Å². The Morgan fingerprint density at radius 3 is 2.38 bits per heavy atom. The minimum Gasteiger partial charge on any atom is -0.329 e. The second-order valence-electron chi connectivity index (χ2n) is 5.15. The number of hydrogen-bond donors (Lipinski definition) is 0. The van der Waals surface area contributed by atoms with Crippen molar-refractivity contribution in [3.05, 3.63) is 35.7 Å². The number of rotatable bonds is 4. The first-order chi connectivity index (χ1) is 12.2. The van der Waals surface area contributed by atoms with Crippen LogP contribution in [0.5, 0.6) is 0 Å². The van der Waals surface area contributed by atoms with Crippen LogP contribution in [-0.4, -0.2) is 47.3 Å². The molecule has 0 spiro atoms. The molecule has 26 heavy (non-hydrogen) atoms. The Balaban J connectivity index is 2.24. The van der Waals surface area contributed by atoms with Gasteiger partial charge in [-0.2, -0.15) is 23.4 Å². The van der Waals surface area contributed by atoms with Crippen LogP contribution in [0.4, 0.5) is 18.0 Å². The second kappa shape index (κ2) is 7.40. The summed E-state index contributed by atoms with van der Waals surface area (Å²) in [7, 11) is 4.13. The number of nitrogens with zero attached hydrogens (tertiary/aromatic N) is 5. The highest BCUT2D eigenvalue weighted by Gasteiger charge is 2.38. The van der Waals surface area contributed by atoms with Gasteiger partial charge < -0.3 is 9.42 Å². The maximum Gasteiger partial charge on any atom is 0.471 e. The lowest BCUT2D eigenvalue weighted by molar-refractivity contribution is -0.159. The Morgan fingerprint density at radius 1 is 1.31 bits per heavy atom. The molecule has 0 aliphatic carbocycles. The van der Waals surface area contributed by atoms with Crippen molar-refractivity contribution in [2.75, 3.05) is 21.2 Å². The minimum absolute atomic E-state index is 0.235. The van der Waals surface area contributed by atoms with Gasteiger partial charge in [0, 0.05) is 19.7 Å². The van der Waals surface area contributed by atoms with Gasteiger partial charge in [-0.05, 0) is 5.56 Å². The average molecular weight is 369 g/mol. The van der Waals surface area contributed by atoms with E-state index in [1.54, 1.807) is 0 Å². The highest BCUT2D eigenvalue weighted by molar-refractivity contribution is 5.73. The van der Waals surface area contributed by atoms with E-state index in [2.05, 4.69) is 14.7 Å². The third-order valence-electron chi connectivity index (χ3n) is 3.51. The van der Waals surface area contributed by atoms with E-state index in [1.165, 1.54) is 45.5 Å². The van der Waals surface area contributed by atoms with Crippen molar-refractivity contribution in [1.29, 1.82) is 5.26 Å². The van der Waals surface area contributed by atoms with Crippen LogP contribution in [0.3, 0.4) is 0 Å². The Bertz CT molecular complexity index is 813. The van der Waals surface area contributed by atoms with Crippen LogP contribution < -0.4 is 0 Å². The van der Waals surface area contributed by atoms with E-state index in [9.17, 15) is 23.2 Å². The zero-order valence-electron chi connectivity index (χ0n) is 14.0. The Morgan fingerprint density at radius 2 is 1.92 bits per heavy atom.